The lowest BCUT2D eigenvalue weighted by Crippen LogP contribution is -2.20. The third kappa shape index (κ3) is 5.10. The Morgan fingerprint density at radius 3 is 2.31 bits per heavy atom. The van der Waals surface area contributed by atoms with E-state index >= 15 is 0 Å². The molecule has 0 aliphatic carbocycles. The summed E-state index contributed by atoms with van der Waals surface area (Å²) in [6, 6.07) is 1.85. The van der Waals surface area contributed by atoms with Crippen molar-refractivity contribution in [1.29, 1.82) is 0 Å². The van der Waals surface area contributed by atoms with Gasteiger partial charge < -0.3 is 4.90 Å². The van der Waals surface area contributed by atoms with E-state index in [1.807, 2.05) is 6.07 Å². The normalized spacial score (nSPS) is 10.4. The summed E-state index contributed by atoms with van der Waals surface area (Å²) in [5.41, 5.74) is 0. The van der Waals surface area contributed by atoms with Crippen molar-refractivity contribution in [3.63, 3.8) is 0 Å². The predicted octanol–water partition coefficient (Wildman–Crippen LogP) is 3.27. The summed E-state index contributed by atoms with van der Waals surface area (Å²) in [6.45, 7) is 3.30. The molecule has 1 rings (SSSR count). The van der Waals surface area contributed by atoms with Crippen LogP contribution in [0.3, 0.4) is 0 Å². The van der Waals surface area contributed by atoms with Crippen molar-refractivity contribution in [2.24, 2.45) is 0 Å². The first-order valence-corrected chi connectivity index (χ1v) is 6.32. The second-order valence-electron chi connectivity index (χ2n) is 4.24. The van der Waals surface area contributed by atoms with Crippen LogP contribution in [0.2, 0.25) is 0 Å². The van der Waals surface area contributed by atoms with Crippen LogP contribution in [0, 0.1) is 0 Å². The highest BCUT2D eigenvalue weighted by atomic mass is 15.2. The van der Waals surface area contributed by atoms with Crippen molar-refractivity contribution in [3.05, 3.63) is 18.5 Å². The van der Waals surface area contributed by atoms with Crippen molar-refractivity contribution in [2.45, 2.75) is 45.4 Å². The number of unbranched alkanes of at least 4 members (excludes halogenated alkanes) is 5. The minimum absolute atomic E-state index is 0.830. The van der Waals surface area contributed by atoms with Gasteiger partial charge in [-0.25, -0.2) is 9.97 Å². The van der Waals surface area contributed by atoms with E-state index < -0.39 is 0 Å². The van der Waals surface area contributed by atoms with E-state index in [0.717, 1.165) is 12.5 Å². The molecule has 0 spiro atoms. The molecule has 0 bridgehead atoms. The molecule has 3 nitrogen and oxygen atoms in total. The molecule has 0 unspecified atom stereocenters. The van der Waals surface area contributed by atoms with Crippen molar-refractivity contribution < 1.29 is 0 Å². The van der Waals surface area contributed by atoms with Crippen molar-refractivity contribution in [2.75, 3.05) is 18.5 Å². The summed E-state index contributed by atoms with van der Waals surface area (Å²) in [7, 11) is 2.06. The molecule has 0 atom stereocenters. The molecule has 0 aliphatic heterocycles. The Morgan fingerprint density at radius 1 is 1.00 bits per heavy atom. The highest BCUT2D eigenvalue weighted by Gasteiger charge is 2.01. The molecule has 16 heavy (non-hydrogen) atoms. The summed E-state index contributed by atoms with van der Waals surface area (Å²) in [5.74, 6) is 0.830. The first-order valence-electron chi connectivity index (χ1n) is 6.32. The summed E-state index contributed by atoms with van der Waals surface area (Å²) >= 11 is 0. The van der Waals surface area contributed by atoms with Gasteiger partial charge in [-0.2, -0.15) is 0 Å². The maximum Gasteiger partial charge on any atom is 0.224 e. The third-order valence-electron chi connectivity index (χ3n) is 2.74. The van der Waals surface area contributed by atoms with Gasteiger partial charge in [0.1, 0.15) is 0 Å². The van der Waals surface area contributed by atoms with Gasteiger partial charge in [0.2, 0.25) is 5.95 Å². The maximum absolute atomic E-state index is 4.22. The van der Waals surface area contributed by atoms with Crippen LogP contribution in [-0.4, -0.2) is 23.6 Å². The number of nitrogens with zero attached hydrogens (tertiary/aromatic N) is 3. The summed E-state index contributed by atoms with van der Waals surface area (Å²) in [4.78, 5) is 10.6. The first kappa shape index (κ1) is 12.9. The van der Waals surface area contributed by atoms with Gasteiger partial charge in [-0.1, -0.05) is 39.0 Å². The molecule has 0 aliphatic rings. The fourth-order valence-electron chi connectivity index (χ4n) is 1.72. The van der Waals surface area contributed by atoms with Crippen LogP contribution in [0.1, 0.15) is 45.4 Å². The van der Waals surface area contributed by atoms with Gasteiger partial charge in [0.25, 0.3) is 0 Å². The molecule has 0 fully saturated rings. The lowest BCUT2D eigenvalue weighted by molar-refractivity contribution is 0.604. The van der Waals surface area contributed by atoms with E-state index in [-0.39, 0.29) is 0 Å². The van der Waals surface area contributed by atoms with E-state index in [1.54, 1.807) is 12.4 Å². The Balaban J connectivity index is 2.09. The molecule has 3 heteroatoms. The lowest BCUT2D eigenvalue weighted by Gasteiger charge is -2.16. The fraction of sp³-hybridized carbons (Fsp3) is 0.692. The van der Waals surface area contributed by atoms with Gasteiger partial charge in [-0.15, -0.1) is 0 Å². The molecule has 90 valence electrons. The molecule has 1 aromatic heterocycles. The average molecular weight is 221 g/mol. The number of anilines is 1. The van der Waals surface area contributed by atoms with Crippen molar-refractivity contribution in [3.8, 4) is 0 Å². The molecule has 0 N–H and O–H groups in total. The van der Waals surface area contributed by atoms with Gasteiger partial charge >= 0.3 is 0 Å². The highest BCUT2D eigenvalue weighted by Crippen LogP contribution is 2.07. The first-order chi connectivity index (χ1) is 7.84. The predicted molar refractivity (Wildman–Crippen MR) is 68.7 cm³/mol. The smallest absolute Gasteiger partial charge is 0.224 e. The van der Waals surface area contributed by atoms with Crippen LogP contribution in [0.25, 0.3) is 0 Å². The molecular weight excluding hydrogens is 198 g/mol. The van der Waals surface area contributed by atoms with Gasteiger partial charge in [0, 0.05) is 26.0 Å². The third-order valence-corrected chi connectivity index (χ3v) is 2.74. The van der Waals surface area contributed by atoms with Crippen molar-refractivity contribution >= 4 is 5.95 Å². The quantitative estimate of drug-likeness (QED) is 0.631. The zero-order chi connectivity index (χ0) is 11.6. The second-order valence-corrected chi connectivity index (χ2v) is 4.24. The summed E-state index contributed by atoms with van der Waals surface area (Å²) in [6.07, 6.45) is 11.6. The highest BCUT2D eigenvalue weighted by molar-refractivity contribution is 5.25. The molecule has 0 saturated heterocycles. The summed E-state index contributed by atoms with van der Waals surface area (Å²) in [5, 5.41) is 0. The molecule has 0 radical (unpaired) electrons. The van der Waals surface area contributed by atoms with Gasteiger partial charge in [-0.3, -0.25) is 0 Å². The van der Waals surface area contributed by atoms with E-state index in [1.165, 1.54) is 38.5 Å². The Bertz CT molecular complexity index is 261. The van der Waals surface area contributed by atoms with Gasteiger partial charge in [-0.05, 0) is 12.5 Å². The lowest BCUT2D eigenvalue weighted by atomic mass is 10.1. The largest absolute Gasteiger partial charge is 0.344 e. The average Bonchev–Trinajstić information content (AvgIpc) is 2.34. The van der Waals surface area contributed by atoms with Crippen LogP contribution < -0.4 is 4.90 Å². The van der Waals surface area contributed by atoms with Crippen LogP contribution >= 0.6 is 0 Å². The van der Waals surface area contributed by atoms with Crippen LogP contribution in [0.4, 0.5) is 5.95 Å². The van der Waals surface area contributed by atoms with E-state index in [9.17, 15) is 0 Å². The molecule has 0 amide bonds. The SMILES string of the molecule is CCCCCCCCN(C)c1ncccn1. The molecule has 0 saturated carbocycles. The number of aromatic nitrogens is 2. The van der Waals surface area contributed by atoms with Crippen LogP contribution in [0.5, 0.6) is 0 Å². The molecular formula is C13H23N3. The topological polar surface area (TPSA) is 29.0 Å². The molecule has 1 aromatic rings. The van der Waals surface area contributed by atoms with Gasteiger partial charge in [0.05, 0.1) is 0 Å². The monoisotopic (exact) mass is 221 g/mol. The Morgan fingerprint density at radius 2 is 1.62 bits per heavy atom. The minimum atomic E-state index is 0.830. The Labute approximate surface area is 98.9 Å². The van der Waals surface area contributed by atoms with Gasteiger partial charge in [0.15, 0.2) is 0 Å². The molecule has 0 aromatic carbocycles. The van der Waals surface area contributed by atoms with Crippen molar-refractivity contribution in [1.82, 2.24) is 9.97 Å². The fourth-order valence-corrected chi connectivity index (χ4v) is 1.72. The second kappa shape index (κ2) is 8.08. The zero-order valence-electron chi connectivity index (χ0n) is 10.5. The maximum atomic E-state index is 4.22. The summed E-state index contributed by atoms with van der Waals surface area (Å²) < 4.78 is 0. The number of rotatable bonds is 8. The minimum Gasteiger partial charge on any atom is -0.344 e. The zero-order valence-corrected chi connectivity index (χ0v) is 10.5. The van der Waals surface area contributed by atoms with Crippen LogP contribution in [-0.2, 0) is 0 Å². The number of hydrogen-bond donors (Lipinski definition) is 0. The molecule has 1 heterocycles. The number of hydrogen-bond acceptors (Lipinski definition) is 3. The standard InChI is InChI=1S/C13H23N3/c1-3-4-5-6-7-8-12-16(2)13-14-10-9-11-15-13/h9-11H,3-8,12H2,1-2H3. The van der Waals surface area contributed by atoms with E-state index in [4.69, 9.17) is 0 Å². The van der Waals surface area contributed by atoms with Crippen LogP contribution in [0.15, 0.2) is 18.5 Å². The van der Waals surface area contributed by atoms with E-state index in [2.05, 4.69) is 28.8 Å². The Hall–Kier alpha value is -1.12. The Kier molecular flexibility index (Phi) is 6.54. The van der Waals surface area contributed by atoms with E-state index in [0.29, 0.717) is 0 Å².